The fourth-order valence-corrected chi connectivity index (χ4v) is 3.12. The molecule has 1 saturated heterocycles. The Morgan fingerprint density at radius 3 is 3.00 bits per heavy atom. The largest absolute Gasteiger partial charge is 0.383 e. The molecule has 1 aromatic heterocycles. The first-order chi connectivity index (χ1) is 8.63. The molecule has 1 aliphatic heterocycles. The number of anilines is 1. The molecule has 3 atom stereocenters. The molecule has 6 heteroatoms. The summed E-state index contributed by atoms with van der Waals surface area (Å²) in [7, 11) is 0. The molecule has 6 nitrogen and oxygen atoms in total. The molecule has 2 heterocycles. The summed E-state index contributed by atoms with van der Waals surface area (Å²) < 4.78 is 1.60. The van der Waals surface area contributed by atoms with Gasteiger partial charge in [-0.3, -0.25) is 9.36 Å². The highest BCUT2D eigenvalue weighted by molar-refractivity contribution is 5.77. The normalized spacial score (nSPS) is 30.9. The summed E-state index contributed by atoms with van der Waals surface area (Å²) in [4.78, 5) is 27.1. The molecule has 18 heavy (non-hydrogen) atoms. The third-order valence-corrected chi connectivity index (χ3v) is 3.95. The number of hydrogen-bond acceptors (Lipinski definition) is 4. The zero-order valence-electron chi connectivity index (χ0n) is 10.0. The van der Waals surface area contributed by atoms with E-state index in [0.29, 0.717) is 12.3 Å². The van der Waals surface area contributed by atoms with Gasteiger partial charge in [0.15, 0.2) is 0 Å². The van der Waals surface area contributed by atoms with E-state index in [2.05, 4.69) is 10.3 Å². The van der Waals surface area contributed by atoms with Gasteiger partial charge in [-0.2, -0.15) is 4.98 Å². The van der Waals surface area contributed by atoms with Gasteiger partial charge < -0.3 is 11.1 Å². The number of nitrogens with one attached hydrogen (secondary N) is 1. The third kappa shape index (κ3) is 1.87. The lowest BCUT2D eigenvalue weighted by Crippen LogP contribution is -2.51. The van der Waals surface area contributed by atoms with Crippen molar-refractivity contribution < 1.29 is 4.79 Å². The molecule has 2 fully saturated rings. The lowest BCUT2D eigenvalue weighted by atomic mass is 9.77. The molecule has 96 valence electrons. The standard InChI is InChI=1S/C12H16N4O2/c13-10-3-4-16(12(18)15-10)9-2-1-7-5-8(9)14-11(17)6-7/h3-4,7-9H,1-2,5-6H2,(H,14,17)(H2,13,15,18)/t7-,8-,9-/m1/s1. The zero-order chi connectivity index (χ0) is 12.7. The smallest absolute Gasteiger partial charge is 0.349 e. The lowest BCUT2D eigenvalue weighted by molar-refractivity contribution is -0.126. The quantitative estimate of drug-likeness (QED) is 0.735. The Balaban J connectivity index is 1.92. The molecule has 3 N–H and O–H groups in total. The maximum Gasteiger partial charge on any atom is 0.349 e. The predicted octanol–water partition coefficient (Wildman–Crippen LogP) is 0.0552. The molecule has 2 bridgehead atoms. The minimum Gasteiger partial charge on any atom is -0.383 e. The van der Waals surface area contributed by atoms with Crippen LogP contribution in [0.1, 0.15) is 31.7 Å². The Hall–Kier alpha value is -1.85. The monoisotopic (exact) mass is 248 g/mol. The number of amides is 1. The van der Waals surface area contributed by atoms with Crippen molar-refractivity contribution in [3.05, 3.63) is 22.7 Å². The number of carbonyl (C=O) groups excluding carboxylic acids is 1. The topological polar surface area (TPSA) is 90.0 Å². The van der Waals surface area contributed by atoms with Gasteiger partial charge in [0.05, 0.1) is 6.04 Å². The van der Waals surface area contributed by atoms with Gasteiger partial charge in [-0.05, 0) is 31.2 Å². The number of nitrogen functional groups attached to an aromatic ring is 1. The Morgan fingerprint density at radius 2 is 2.22 bits per heavy atom. The molecule has 0 unspecified atom stereocenters. The number of nitrogens with two attached hydrogens (primary N) is 1. The summed E-state index contributed by atoms with van der Waals surface area (Å²) in [6, 6.07) is 1.68. The van der Waals surface area contributed by atoms with Gasteiger partial charge in [-0.25, -0.2) is 4.79 Å². The van der Waals surface area contributed by atoms with E-state index in [0.717, 1.165) is 19.3 Å². The lowest BCUT2D eigenvalue weighted by Gasteiger charge is -2.40. The zero-order valence-corrected chi connectivity index (χ0v) is 10.0. The Kier molecular flexibility index (Phi) is 2.57. The molecule has 1 saturated carbocycles. The van der Waals surface area contributed by atoms with Gasteiger partial charge >= 0.3 is 5.69 Å². The summed E-state index contributed by atoms with van der Waals surface area (Å²) in [6.45, 7) is 0. The van der Waals surface area contributed by atoms with Gasteiger partial charge in [-0.1, -0.05) is 0 Å². The van der Waals surface area contributed by atoms with Crippen LogP contribution in [0.15, 0.2) is 17.1 Å². The fraction of sp³-hybridized carbons (Fsp3) is 0.583. The van der Waals surface area contributed by atoms with E-state index in [1.807, 2.05) is 0 Å². The van der Waals surface area contributed by atoms with E-state index in [9.17, 15) is 9.59 Å². The maximum atomic E-state index is 11.8. The number of nitrogens with zero attached hydrogens (tertiary/aromatic N) is 2. The first-order valence-corrected chi connectivity index (χ1v) is 6.27. The Labute approximate surface area is 104 Å². The van der Waals surface area contributed by atoms with Gasteiger partial charge in [-0.15, -0.1) is 0 Å². The van der Waals surface area contributed by atoms with Crippen LogP contribution in [-0.4, -0.2) is 21.5 Å². The van der Waals surface area contributed by atoms with Crippen LogP contribution in [0, 0.1) is 5.92 Å². The number of carbonyl (C=O) groups is 1. The minimum atomic E-state index is -0.335. The number of aromatic nitrogens is 2. The second kappa shape index (κ2) is 4.12. The van der Waals surface area contributed by atoms with Crippen molar-refractivity contribution in [2.75, 3.05) is 5.73 Å². The van der Waals surface area contributed by atoms with Crippen LogP contribution in [-0.2, 0) is 4.79 Å². The van der Waals surface area contributed by atoms with Gasteiger partial charge in [0.2, 0.25) is 5.91 Å². The van der Waals surface area contributed by atoms with E-state index < -0.39 is 0 Å². The highest BCUT2D eigenvalue weighted by atomic mass is 16.2. The summed E-state index contributed by atoms with van der Waals surface area (Å²) in [5.74, 6) is 0.799. The van der Waals surface area contributed by atoms with Crippen molar-refractivity contribution >= 4 is 11.7 Å². The van der Waals surface area contributed by atoms with Crippen molar-refractivity contribution in [3.63, 3.8) is 0 Å². The molecule has 3 rings (SSSR count). The maximum absolute atomic E-state index is 11.8. The molecule has 2 aliphatic rings. The summed E-state index contributed by atoms with van der Waals surface area (Å²) in [6.07, 6.45) is 5.15. The Morgan fingerprint density at radius 1 is 1.39 bits per heavy atom. The Bertz CT molecular complexity index is 539. The average Bonchev–Trinajstić information content (AvgIpc) is 2.30. The van der Waals surface area contributed by atoms with Gasteiger partial charge in [0, 0.05) is 18.7 Å². The van der Waals surface area contributed by atoms with Gasteiger partial charge in [0.1, 0.15) is 5.82 Å². The van der Waals surface area contributed by atoms with Crippen molar-refractivity contribution in [2.45, 2.75) is 37.8 Å². The summed E-state index contributed by atoms with van der Waals surface area (Å²) >= 11 is 0. The fourth-order valence-electron chi connectivity index (χ4n) is 3.12. The SMILES string of the molecule is Nc1ccn([C@@H]2CC[C@H]3CC(=O)N[C@@H]2C3)c(=O)n1. The van der Waals surface area contributed by atoms with Crippen LogP contribution in [0.25, 0.3) is 0 Å². The molecule has 1 aliphatic carbocycles. The number of rotatable bonds is 1. The molecule has 0 radical (unpaired) electrons. The summed E-state index contributed by atoms with van der Waals surface area (Å²) in [5, 5.41) is 2.98. The number of fused-ring (bicyclic) bond motifs is 2. The molecule has 0 aromatic carbocycles. The van der Waals surface area contributed by atoms with Gasteiger partial charge in [0.25, 0.3) is 0 Å². The third-order valence-electron chi connectivity index (χ3n) is 3.95. The van der Waals surface area contributed by atoms with Crippen LogP contribution in [0.3, 0.4) is 0 Å². The highest BCUT2D eigenvalue weighted by Crippen LogP contribution is 2.36. The van der Waals surface area contributed by atoms with Crippen LogP contribution in [0.2, 0.25) is 0 Å². The van der Waals surface area contributed by atoms with Crippen molar-refractivity contribution in [2.24, 2.45) is 5.92 Å². The van der Waals surface area contributed by atoms with E-state index in [1.165, 1.54) is 0 Å². The second-order valence-electron chi connectivity index (χ2n) is 5.17. The molecule has 0 spiro atoms. The summed E-state index contributed by atoms with van der Waals surface area (Å²) in [5.41, 5.74) is 5.15. The average molecular weight is 248 g/mol. The predicted molar refractivity (Wildman–Crippen MR) is 65.8 cm³/mol. The van der Waals surface area contributed by atoms with Crippen LogP contribution >= 0.6 is 0 Å². The first kappa shape index (κ1) is 11.3. The van der Waals surface area contributed by atoms with E-state index in [4.69, 9.17) is 5.73 Å². The molecular formula is C12H16N4O2. The van der Waals surface area contributed by atoms with Crippen molar-refractivity contribution in [1.82, 2.24) is 14.9 Å². The molecule has 1 aromatic rings. The minimum absolute atomic E-state index is 0.00565. The van der Waals surface area contributed by atoms with Crippen LogP contribution in [0.5, 0.6) is 0 Å². The first-order valence-electron chi connectivity index (χ1n) is 6.27. The molecular weight excluding hydrogens is 232 g/mol. The number of piperidine rings is 1. The number of hydrogen-bond donors (Lipinski definition) is 2. The van der Waals surface area contributed by atoms with E-state index in [-0.39, 0.29) is 29.5 Å². The van der Waals surface area contributed by atoms with E-state index in [1.54, 1.807) is 16.8 Å². The second-order valence-corrected chi connectivity index (χ2v) is 5.17. The van der Waals surface area contributed by atoms with Crippen molar-refractivity contribution in [3.8, 4) is 0 Å². The van der Waals surface area contributed by atoms with E-state index >= 15 is 0 Å². The van der Waals surface area contributed by atoms with Crippen molar-refractivity contribution in [1.29, 1.82) is 0 Å². The van der Waals surface area contributed by atoms with Crippen LogP contribution < -0.4 is 16.7 Å². The highest BCUT2D eigenvalue weighted by Gasteiger charge is 2.37. The van der Waals surface area contributed by atoms with Crippen LogP contribution in [0.4, 0.5) is 5.82 Å². The molecule has 1 amide bonds.